The summed E-state index contributed by atoms with van der Waals surface area (Å²) in [6.45, 7) is 2.43. The fourth-order valence-corrected chi connectivity index (χ4v) is 6.37. The minimum Gasteiger partial charge on any atom is -0.481 e. The van der Waals surface area contributed by atoms with Gasteiger partial charge in [0.2, 0.25) is 0 Å². The number of imidazole rings is 1. The zero-order chi connectivity index (χ0) is 27.3. The Morgan fingerprint density at radius 3 is 2.77 bits per heavy atom. The second-order valence-corrected chi connectivity index (χ2v) is 10.6. The summed E-state index contributed by atoms with van der Waals surface area (Å²) >= 11 is 0. The van der Waals surface area contributed by atoms with E-state index in [0.29, 0.717) is 30.7 Å². The molecule has 3 atom stereocenters. The molecule has 4 heterocycles. The molecular formula is C29H30N6O4. The Kier molecular flexibility index (Phi) is 6.22. The number of pyridine rings is 1. The molecule has 1 aliphatic carbocycles. The number of anilines is 1. The molecule has 3 aromatic heterocycles. The SMILES string of the molecule is COC(=O)N1c2ccc3c(nc(Cn4ccc5ccc(C#N)nc54)n3[C@@H]3CCC[C@@H](C(=O)O)C3)c2CC[C@@H]1C. The van der Waals surface area contributed by atoms with Crippen LogP contribution in [0, 0.1) is 17.2 Å². The summed E-state index contributed by atoms with van der Waals surface area (Å²) in [5, 5.41) is 20.1. The van der Waals surface area contributed by atoms with Crippen LogP contribution in [0.15, 0.2) is 36.5 Å². The molecule has 1 aliphatic heterocycles. The lowest BCUT2D eigenvalue weighted by Crippen LogP contribution is -2.42. The number of methoxy groups -OCH3 is 1. The summed E-state index contributed by atoms with van der Waals surface area (Å²) in [6, 6.07) is 11.6. The van der Waals surface area contributed by atoms with Crippen LogP contribution in [-0.4, -0.2) is 49.4 Å². The molecule has 2 aliphatic rings. The number of carboxylic acid groups (broad SMARTS) is 1. The smallest absolute Gasteiger partial charge is 0.414 e. The molecule has 1 N–H and O–H groups in total. The second kappa shape index (κ2) is 9.73. The van der Waals surface area contributed by atoms with Crippen molar-refractivity contribution in [2.24, 2.45) is 5.92 Å². The molecule has 1 fully saturated rings. The molecule has 0 spiro atoms. The Labute approximate surface area is 225 Å². The van der Waals surface area contributed by atoms with E-state index in [1.54, 1.807) is 11.0 Å². The third kappa shape index (κ3) is 4.18. The number of hydrogen-bond acceptors (Lipinski definition) is 6. The lowest BCUT2D eigenvalue weighted by Gasteiger charge is -2.34. The molecule has 0 unspecified atom stereocenters. The van der Waals surface area contributed by atoms with Crippen molar-refractivity contribution in [2.75, 3.05) is 12.0 Å². The Hall–Kier alpha value is -4.39. The fraction of sp³-hybridized carbons (Fsp3) is 0.414. The first-order chi connectivity index (χ1) is 18.9. The third-order valence-corrected chi connectivity index (χ3v) is 8.30. The molecule has 0 radical (unpaired) electrons. The minimum absolute atomic E-state index is 0.00488. The second-order valence-electron chi connectivity index (χ2n) is 10.6. The van der Waals surface area contributed by atoms with Gasteiger partial charge in [0.1, 0.15) is 23.2 Å². The van der Waals surface area contributed by atoms with Crippen LogP contribution in [0.2, 0.25) is 0 Å². The number of fused-ring (bicyclic) bond motifs is 4. The van der Waals surface area contributed by atoms with E-state index in [0.717, 1.165) is 59.2 Å². The van der Waals surface area contributed by atoms with Crippen molar-refractivity contribution in [3.05, 3.63) is 53.6 Å². The van der Waals surface area contributed by atoms with Crippen molar-refractivity contribution in [1.82, 2.24) is 19.1 Å². The van der Waals surface area contributed by atoms with Gasteiger partial charge in [-0.3, -0.25) is 9.69 Å². The van der Waals surface area contributed by atoms with Gasteiger partial charge < -0.3 is 19.0 Å². The van der Waals surface area contributed by atoms with Gasteiger partial charge in [-0.25, -0.2) is 14.8 Å². The van der Waals surface area contributed by atoms with Crippen LogP contribution in [0.5, 0.6) is 0 Å². The van der Waals surface area contributed by atoms with Gasteiger partial charge in [-0.15, -0.1) is 0 Å². The van der Waals surface area contributed by atoms with Gasteiger partial charge in [-0.1, -0.05) is 6.42 Å². The van der Waals surface area contributed by atoms with Crippen molar-refractivity contribution >= 4 is 39.8 Å². The molecule has 1 amide bonds. The highest BCUT2D eigenvalue weighted by atomic mass is 16.5. The summed E-state index contributed by atoms with van der Waals surface area (Å²) < 4.78 is 9.29. The number of carboxylic acids is 1. The number of carbonyl (C=O) groups is 2. The Morgan fingerprint density at radius 1 is 1.15 bits per heavy atom. The van der Waals surface area contributed by atoms with Crippen LogP contribution in [0.3, 0.4) is 0 Å². The van der Waals surface area contributed by atoms with Crippen LogP contribution >= 0.6 is 0 Å². The summed E-state index contributed by atoms with van der Waals surface area (Å²) in [5.74, 6) is -0.343. The number of benzene rings is 1. The monoisotopic (exact) mass is 526 g/mol. The number of ether oxygens (including phenoxy) is 1. The summed E-state index contributed by atoms with van der Waals surface area (Å²) in [5.41, 5.74) is 4.64. The Balaban J connectivity index is 1.52. The largest absolute Gasteiger partial charge is 0.481 e. The van der Waals surface area contributed by atoms with Crippen LogP contribution in [-0.2, 0) is 22.5 Å². The van der Waals surface area contributed by atoms with Crippen LogP contribution in [0.1, 0.15) is 62.2 Å². The van der Waals surface area contributed by atoms with E-state index in [1.807, 2.05) is 42.0 Å². The number of nitrogens with zero attached hydrogens (tertiary/aromatic N) is 6. The number of nitriles is 1. The normalized spacial score (nSPS) is 21.1. The van der Waals surface area contributed by atoms with Gasteiger partial charge in [0.25, 0.3) is 0 Å². The van der Waals surface area contributed by atoms with Gasteiger partial charge in [-0.05, 0) is 69.4 Å². The van der Waals surface area contributed by atoms with E-state index in [2.05, 4.69) is 15.6 Å². The van der Waals surface area contributed by atoms with Gasteiger partial charge >= 0.3 is 12.1 Å². The lowest BCUT2D eigenvalue weighted by molar-refractivity contribution is -0.143. The topological polar surface area (TPSA) is 126 Å². The van der Waals surface area contributed by atoms with E-state index < -0.39 is 18.0 Å². The summed E-state index contributed by atoms with van der Waals surface area (Å²) in [7, 11) is 1.39. The van der Waals surface area contributed by atoms with Crippen molar-refractivity contribution in [3.8, 4) is 6.07 Å². The molecule has 39 heavy (non-hydrogen) atoms. The highest BCUT2D eigenvalue weighted by Crippen LogP contribution is 2.40. The molecule has 0 saturated heterocycles. The van der Waals surface area contributed by atoms with Crippen molar-refractivity contribution in [1.29, 1.82) is 5.26 Å². The zero-order valence-electron chi connectivity index (χ0n) is 22.0. The van der Waals surface area contributed by atoms with Gasteiger partial charge in [-0.2, -0.15) is 5.26 Å². The standard InChI is InChI=1S/C29H30N6O4/c1-17-6-9-22-23(34(17)29(38)39-2)10-11-24-26(22)32-25(35(24)21-5-3-4-19(14-21)28(36)37)16-33-13-12-18-7-8-20(15-30)31-27(18)33/h7-8,10-13,17,19,21H,3-6,9,14,16H2,1-2H3,(H,36,37)/t17-,19+,21+/m0/s1. The first-order valence-corrected chi connectivity index (χ1v) is 13.4. The average Bonchev–Trinajstić information content (AvgIpc) is 3.53. The summed E-state index contributed by atoms with van der Waals surface area (Å²) in [6.07, 6.45) is 6.04. The van der Waals surface area contributed by atoms with E-state index >= 15 is 0 Å². The van der Waals surface area contributed by atoms with E-state index in [9.17, 15) is 20.0 Å². The van der Waals surface area contributed by atoms with Crippen molar-refractivity contribution < 1.29 is 19.4 Å². The highest BCUT2D eigenvalue weighted by Gasteiger charge is 2.34. The molecular weight excluding hydrogens is 496 g/mol. The maximum absolute atomic E-state index is 12.7. The first-order valence-electron chi connectivity index (χ1n) is 13.4. The van der Waals surface area contributed by atoms with E-state index in [-0.39, 0.29) is 12.1 Å². The van der Waals surface area contributed by atoms with Gasteiger partial charge in [0.05, 0.1) is 36.3 Å². The van der Waals surface area contributed by atoms with Crippen LogP contribution in [0.25, 0.3) is 22.1 Å². The number of aromatic nitrogens is 4. The zero-order valence-corrected chi connectivity index (χ0v) is 22.0. The van der Waals surface area contributed by atoms with Crippen LogP contribution < -0.4 is 4.90 Å². The predicted octanol–water partition coefficient (Wildman–Crippen LogP) is 5.03. The summed E-state index contributed by atoms with van der Waals surface area (Å²) in [4.78, 5) is 36.0. The average molecular weight is 527 g/mol. The fourth-order valence-electron chi connectivity index (χ4n) is 6.37. The van der Waals surface area contributed by atoms with Gasteiger partial charge in [0.15, 0.2) is 0 Å². The number of amides is 1. The number of hydrogen-bond donors (Lipinski definition) is 1. The highest BCUT2D eigenvalue weighted by molar-refractivity contribution is 5.95. The number of aryl methyl sites for hydroxylation is 1. The van der Waals surface area contributed by atoms with E-state index in [4.69, 9.17) is 9.72 Å². The van der Waals surface area contributed by atoms with E-state index in [1.165, 1.54) is 7.11 Å². The number of aliphatic carboxylic acids is 1. The van der Waals surface area contributed by atoms with Crippen LogP contribution in [0.4, 0.5) is 10.5 Å². The molecule has 0 bridgehead atoms. The van der Waals surface area contributed by atoms with Gasteiger partial charge in [0, 0.05) is 29.2 Å². The van der Waals surface area contributed by atoms with Crippen molar-refractivity contribution in [2.45, 2.75) is 64.1 Å². The number of rotatable bonds is 4. The van der Waals surface area contributed by atoms with Crippen molar-refractivity contribution in [3.63, 3.8) is 0 Å². The maximum atomic E-state index is 12.7. The first kappa shape index (κ1) is 24.9. The molecule has 200 valence electrons. The predicted molar refractivity (Wildman–Crippen MR) is 145 cm³/mol. The minimum atomic E-state index is -0.754. The maximum Gasteiger partial charge on any atom is 0.414 e. The Morgan fingerprint density at radius 2 is 2.00 bits per heavy atom. The molecule has 6 rings (SSSR count). The molecule has 4 aromatic rings. The Bertz CT molecular complexity index is 1650. The molecule has 10 heteroatoms. The number of carbonyl (C=O) groups excluding carboxylic acids is 1. The molecule has 1 saturated carbocycles. The molecule has 1 aromatic carbocycles. The lowest BCUT2D eigenvalue weighted by atomic mass is 9.85. The quantitative estimate of drug-likeness (QED) is 0.395. The third-order valence-electron chi connectivity index (χ3n) is 8.30. The molecule has 10 nitrogen and oxygen atoms in total.